The van der Waals surface area contributed by atoms with Gasteiger partial charge in [0, 0.05) is 17.3 Å². The van der Waals surface area contributed by atoms with E-state index in [-0.39, 0.29) is 0 Å². The summed E-state index contributed by atoms with van der Waals surface area (Å²) in [7, 11) is 0. The van der Waals surface area contributed by atoms with Crippen LogP contribution in [0.1, 0.15) is 27.3 Å². The number of nitrogens with zero attached hydrogens (tertiary/aromatic N) is 1. The maximum atomic E-state index is 11.3. The standard InChI is InChI=1S/C14H14ClNO2/c1-9-7-10(2)16(13(9)14(17)18)8-11-3-5-12(15)6-4-11/h3-7H,8H2,1-2H3,(H,17,18). The summed E-state index contributed by atoms with van der Waals surface area (Å²) in [6.45, 7) is 4.27. The summed E-state index contributed by atoms with van der Waals surface area (Å²) >= 11 is 5.83. The number of aromatic nitrogens is 1. The molecular formula is C14H14ClNO2. The van der Waals surface area contributed by atoms with Gasteiger partial charge in [0.15, 0.2) is 0 Å². The highest BCUT2D eigenvalue weighted by atomic mass is 35.5. The van der Waals surface area contributed by atoms with E-state index in [2.05, 4.69) is 0 Å². The Kier molecular flexibility index (Phi) is 3.43. The first-order valence-corrected chi connectivity index (χ1v) is 6.01. The van der Waals surface area contributed by atoms with Gasteiger partial charge in [0.05, 0.1) is 0 Å². The molecule has 1 aromatic carbocycles. The summed E-state index contributed by atoms with van der Waals surface area (Å²) in [5.41, 5.74) is 3.11. The zero-order valence-corrected chi connectivity index (χ0v) is 11.0. The Labute approximate surface area is 111 Å². The fourth-order valence-corrected chi connectivity index (χ4v) is 2.24. The Hall–Kier alpha value is -1.74. The molecule has 0 radical (unpaired) electrons. The largest absolute Gasteiger partial charge is 0.477 e. The van der Waals surface area contributed by atoms with Gasteiger partial charge in [-0.2, -0.15) is 0 Å². The molecule has 1 heterocycles. The first-order valence-electron chi connectivity index (χ1n) is 5.63. The van der Waals surface area contributed by atoms with E-state index in [4.69, 9.17) is 11.6 Å². The van der Waals surface area contributed by atoms with E-state index in [0.717, 1.165) is 16.8 Å². The molecular weight excluding hydrogens is 250 g/mol. The number of carboxylic acid groups (broad SMARTS) is 1. The number of hydrogen-bond donors (Lipinski definition) is 1. The third-order valence-electron chi connectivity index (χ3n) is 2.95. The zero-order chi connectivity index (χ0) is 13.3. The van der Waals surface area contributed by atoms with Crippen molar-refractivity contribution < 1.29 is 9.90 Å². The average Bonchev–Trinajstić information content (AvgIpc) is 2.57. The van der Waals surface area contributed by atoms with E-state index in [9.17, 15) is 9.90 Å². The molecule has 0 saturated carbocycles. The first kappa shape index (κ1) is 12.7. The normalized spacial score (nSPS) is 10.6. The Morgan fingerprint density at radius 3 is 2.44 bits per heavy atom. The van der Waals surface area contributed by atoms with E-state index in [1.807, 2.05) is 44.2 Å². The maximum Gasteiger partial charge on any atom is 0.352 e. The summed E-state index contributed by atoms with van der Waals surface area (Å²) in [5, 5.41) is 9.92. The van der Waals surface area contributed by atoms with Crippen molar-refractivity contribution in [2.24, 2.45) is 0 Å². The van der Waals surface area contributed by atoms with Gasteiger partial charge in [-0.3, -0.25) is 0 Å². The molecule has 94 valence electrons. The number of aryl methyl sites for hydroxylation is 2. The third kappa shape index (κ3) is 2.41. The molecule has 3 nitrogen and oxygen atoms in total. The lowest BCUT2D eigenvalue weighted by Gasteiger charge is -2.10. The molecule has 0 atom stereocenters. The van der Waals surface area contributed by atoms with Crippen molar-refractivity contribution in [2.75, 3.05) is 0 Å². The van der Waals surface area contributed by atoms with Gasteiger partial charge in [-0.15, -0.1) is 0 Å². The second kappa shape index (κ2) is 4.86. The van der Waals surface area contributed by atoms with Crippen LogP contribution < -0.4 is 0 Å². The highest BCUT2D eigenvalue weighted by Gasteiger charge is 2.16. The van der Waals surface area contributed by atoms with Gasteiger partial charge >= 0.3 is 5.97 Å². The van der Waals surface area contributed by atoms with Gasteiger partial charge in [-0.05, 0) is 43.2 Å². The molecule has 2 aromatic rings. The quantitative estimate of drug-likeness (QED) is 0.921. The molecule has 4 heteroatoms. The maximum absolute atomic E-state index is 11.3. The number of carboxylic acids is 1. The molecule has 0 amide bonds. The van der Waals surface area contributed by atoms with E-state index in [1.165, 1.54) is 0 Å². The fraction of sp³-hybridized carbons (Fsp3) is 0.214. The first-order chi connectivity index (χ1) is 8.49. The molecule has 1 N–H and O–H groups in total. The van der Waals surface area contributed by atoms with Crippen molar-refractivity contribution in [1.29, 1.82) is 0 Å². The number of aromatic carboxylic acids is 1. The van der Waals surface area contributed by atoms with Gasteiger partial charge in [0.1, 0.15) is 5.69 Å². The Balaban J connectivity index is 2.39. The van der Waals surface area contributed by atoms with Crippen molar-refractivity contribution >= 4 is 17.6 Å². The smallest absolute Gasteiger partial charge is 0.352 e. The lowest BCUT2D eigenvalue weighted by atomic mass is 10.2. The van der Waals surface area contributed by atoms with Gasteiger partial charge in [-0.1, -0.05) is 23.7 Å². The van der Waals surface area contributed by atoms with E-state index < -0.39 is 5.97 Å². The van der Waals surface area contributed by atoms with Crippen molar-refractivity contribution in [1.82, 2.24) is 4.57 Å². The minimum atomic E-state index is -0.894. The predicted octanol–water partition coefficient (Wildman–Crippen LogP) is 3.50. The van der Waals surface area contributed by atoms with Crippen LogP contribution in [-0.4, -0.2) is 15.6 Å². The number of rotatable bonds is 3. The van der Waals surface area contributed by atoms with E-state index >= 15 is 0 Å². The van der Waals surface area contributed by atoms with E-state index in [1.54, 1.807) is 4.57 Å². The van der Waals surface area contributed by atoms with E-state index in [0.29, 0.717) is 17.3 Å². The molecule has 2 rings (SSSR count). The molecule has 18 heavy (non-hydrogen) atoms. The van der Waals surface area contributed by atoms with Crippen LogP contribution in [0.3, 0.4) is 0 Å². The second-order valence-corrected chi connectivity index (χ2v) is 4.77. The monoisotopic (exact) mass is 263 g/mol. The molecule has 0 spiro atoms. The Morgan fingerprint density at radius 2 is 1.89 bits per heavy atom. The SMILES string of the molecule is Cc1cc(C)n(Cc2ccc(Cl)cc2)c1C(=O)O. The molecule has 0 aliphatic rings. The van der Waals surface area contributed by atoms with Gasteiger partial charge in [0.2, 0.25) is 0 Å². The van der Waals surface area contributed by atoms with Crippen LogP contribution in [0.25, 0.3) is 0 Å². The van der Waals surface area contributed by atoms with Crippen LogP contribution in [-0.2, 0) is 6.54 Å². The molecule has 1 aromatic heterocycles. The van der Waals surface area contributed by atoms with Crippen LogP contribution in [0.2, 0.25) is 5.02 Å². The second-order valence-electron chi connectivity index (χ2n) is 4.34. The average molecular weight is 264 g/mol. The third-order valence-corrected chi connectivity index (χ3v) is 3.20. The van der Waals surface area contributed by atoms with Crippen molar-refractivity contribution in [3.63, 3.8) is 0 Å². The summed E-state index contributed by atoms with van der Waals surface area (Å²) in [5.74, 6) is -0.894. The summed E-state index contributed by atoms with van der Waals surface area (Å²) in [6.07, 6.45) is 0. The number of carbonyl (C=O) groups is 1. The number of benzene rings is 1. The predicted molar refractivity (Wildman–Crippen MR) is 71.4 cm³/mol. The highest BCUT2D eigenvalue weighted by molar-refractivity contribution is 6.30. The molecule has 0 bridgehead atoms. The summed E-state index contributed by atoms with van der Waals surface area (Å²) in [4.78, 5) is 11.3. The van der Waals surface area contributed by atoms with Crippen LogP contribution in [0, 0.1) is 13.8 Å². The van der Waals surface area contributed by atoms with Crippen molar-refractivity contribution in [2.45, 2.75) is 20.4 Å². The van der Waals surface area contributed by atoms with Gasteiger partial charge < -0.3 is 9.67 Å². The van der Waals surface area contributed by atoms with Gasteiger partial charge in [0.25, 0.3) is 0 Å². The fourth-order valence-electron chi connectivity index (χ4n) is 2.11. The number of halogens is 1. The molecule has 0 saturated heterocycles. The van der Waals surface area contributed by atoms with Crippen molar-refractivity contribution in [3.8, 4) is 0 Å². The Bertz CT molecular complexity index is 585. The summed E-state index contributed by atoms with van der Waals surface area (Å²) in [6, 6.07) is 9.32. The summed E-state index contributed by atoms with van der Waals surface area (Å²) < 4.78 is 1.81. The van der Waals surface area contributed by atoms with Crippen LogP contribution in [0.15, 0.2) is 30.3 Å². The molecule has 0 fully saturated rings. The minimum absolute atomic E-state index is 0.349. The molecule has 0 aliphatic carbocycles. The lowest BCUT2D eigenvalue weighted by molar-refractivity contribution is 0.0684. The molecule has 0 unspecified atom stereocenters. The zero-order valence-electron chi connectivity index (χ0n) is 10.3. The van der Waals surface area contributed by atoms with Crippen LogP contribution >= 0.6 is 11.6 Å². The van der Waals surface area contributed by atoms with Crippen molar-refractivity contribution in [3.05, 3.63) is 57.9 Å². The van der Waals surface area contributed by atoms with Gasteiger partial charge in [-0.25, -0.2) is 4.79 Å². The minimum Gasteiger partial charge on any atom is -0.477 e. The number of hydrogen-bond acceptors (Lipinski definition) is 1. The highest BCUT2D eigenvalue weighted by Crippen LogP contribution is 2.18. The van der Waals surface area contributed by atoms with Crippen LogP contribution in [0.5, 0.6) is 0 Å². The molecule has 0 aliphatic heterocycles. The topological polar surface area (TPSA) is 42.2 Å². The van der Waals surface area contributed by atoms with Crippen LogP contribution in [0.4, 0.5) is 0 Å². The Morgan fingerprint density at radius 1 is 1.28 bits per heavy atom. The lowest BCUT2D eigenvalue weighted by Crippen LogP contribution is -2.11.